The molecule has 8 N–H and O–H groups in total. The molecular formula is C11H19ClN10O2+2. The van der Waals surface area contributed by atoms with Gasteiger partial charge < -0.3 is 10.8 Å². The van der Waals surface area contributed by atoms with Gasteiger partial charge in [-0.05, 0) is 22.9 Å². The molecule has 12 nitrogen and oxygen atoms in total. The van der Waals surface area contributed by atoms with E-state index in [2.05, 4.69) is 36.1 Å². The second-order valence-electron chi connectivity index (χ2n) is 5.77. The van der Waals surface area contributed by atoms with E-state index in [1.165, 1.54) is 0 Å². The molecule has 130 valence electrons. The molecule has 24 heavy (non-hydrogen) atoms. The van der Waals surface area contributed by atoms with Gasteiger partial charge in [-0.25, -0.2) is 4.99 Å². The Balaban J connectivity index is 2.54. The summed E-state index contributed by atoms with van der Waals surface area (Å²) in [6, 6.07) is 0. The molecule has 0 amide bonds. The van der Waals surface area contributed by atoms with Gasteiger partial charge in [-0.1, -0.05) is 10.2 Å². The molecule has 6 atom stereocenters. The first-order valence-corrected chi connectivity index (χ1v) is 7.70. The number of rotatable bonds is 6. The summed E-state index contributed by atoms with van der Waals surface area (Å²) >= 11 is 6.58. The Morgan fingerprint density at radius 2 is 2.00 bits per heavy atom. The molecule has 1 saturated carbocycles. The summed E-state index contributed by atoms with van der Waals surface area (Å²) in [4.78, 5) is 20.7. The van der Waals surface area contributed by atoms with Crippen molar-refractivity contribution in [2.75, 3.05) is 19.6 Å². The number of hydrogen-bond acceptors (Lipinski definition) is 6. The molecule has 0 saturated heterocycles. The maximum Gasteiger partial charge on any atom is 0.344 e. The molecule has 2 aliphatic rings. The third-order valence-corrected chi connectivity index (χ3v) is 5.41. The fourth-order valence-electron chi connectivity index (χ4n) is 3.81. The topological polar surface area (TPSA) is 214 Å². The van der Waals surface area contributed by atoms with Crippen molar-refractivity contribution in [2.45, 2.75) is 17.1 Å². The van der Waals surface area contributed by atoms with Crippen LogP contribution < -0.4 is 21.8 Å². The van der Waals surface area contributed by atoms with Crippen LogP contribution in [0, 0.1) is 17.8 Å². The highest BCUT2D eigenvalue weighted by Crippen LogP contribution is 2.49. The first-order chi connectivity index (χ1) is 11.4. The number of quaternary nitrogens is 1. The monoisotopic (exact) mass is 358 g/mol. The number of nitrogens with zero attached hydrogens (tertiary/aromatic N) is 6. The molecule has 0 bridgehead atoms. The van der Waals surface area contributed by atoms with Crippen molar-refractivity contribution in [3.63, 3.8) is 0 Å². The number of carbonyl (C=O) groups is 1. The zero-order valence-corrected chi connectivity index (χ0v) is 13.5. The second kappa shape index (κ2) is 7.12. The highest BCUT2D eigenvalue weighted by Gasteiger charge is 2.69. The zero-order valence-electron chi connectivity index (χ0n) is 12.7. The summed E-state index contributed by atoms with van der Waals surface area (Å²) in [5.41, 5.74) is 25.3. The van der Waals surface area contributed by atoms with E-state index < -0.39 is 34.9 Å². The molecule has 0 aromatic heterocycles. The van der Waals surface area contributed by atoms with Gasteiger partial charge in [0.25, 0.3) is 0 Å². The molecule has 1 fully saturated rings. The summed E-state index contributed by atoms with van der Waals surface area (Å²) in [5.74, 6) is -2.01. The van der Waals surface area contributed by atoms with Crippen LogP contribution in [0.25, 0.3) is 20.9 Å². The number of nitrogens with one attached hydrogen (secondary N) is 2. The van der Waals surface area contributed by atoms with Gasteiger partial charge in [0.15, 0.2) is 11.3 Å². The van der Waals surface area contributed by atoms with E-state index in [9.17, 15) is 9.90 Å². The van der Waals surface area contributed by atoms with Crippen LogP contribution in [-0.2, 0) is 4.79 Å². The predicted molar refractivity (Wildman–Crippen MR) is 82.9 cm³/mol. The van der Waals surface area contributed by atoms with Crippen LogP contribution in [0.2, 0.25) is 0 Å². The number of Topliss-reactive ketones (excluding diaryl/α,β-unsaturated/α-hetero) is 1. The molecule has 0 aromatic rings. The number of guanidine groups is 1. The molecule has 1 aliphatic carbocycles. The molecule has 13 heteroatoms. The van der Waals surface area contributed by atoms with Gasteiger partial charge in [0.2, 0.25) is 6.23 Å². The maximum absolute atomic E-state index is 12.6. The van der Waals surface area contributed by atoms with Crippen molar-refractivity contribution in [3.8, 4) is 0 Å². The van der Waals surface area contributed by atoms with Crippen molar-refractivity contribution in [1.82, 2.24) is 5.32 Å². The number of alkyl halides is 1. The van der Waals surface area contributed by atoms with E-state index in [0.717, 1.165) is 0 Å². The van der Waals surface area contributed by atoms with Crippen LogP contribution in [0.15, 0.2) is 10.2 Å². The molecular weight excluding hydrogens is 340 g/mol. The Hall–Kier alpha value is -2.23. The molecule has 1 spiro atoms. The fraction of sp³-hybridized carbons (Fsp3) is 0.818. The standard InChI is InChI=1S/C11H17ClN10O2/c12-8-5(3-18-22-16)4(2-17-21-15)7(6(23)1-13)11(8)9(24)19-10(14)20-11/h4-5,7-9,24H,1-3,13H2,(H3,14,19,20)/p+2/t4-,5-,7-,8+,9+,11+/m1/s1. The van der Waals surface area contributed by atoms with Crippen LogP contribution >= 0.6 is 11.6 Å². The fourth-order valence-corrected chi connectivity index (χ4v) is 4.38. The minimum Gasteiger partial charge on any atom is -0.358 e. The van der Waals surface area contributed by atoms with Crippen LogP contribution in [-0.4, -0.2) is 53.6 Å². The lowest BCUT2D eigenvalue weighted by Crippen LogP contribution is -2.82. The number of halogens is 1. The van der Waals surface area contributed by atoms with E-state index in [4.69, 9.17) is 28.4 Å². The summed E-state index contributed by atoms with van der Waals surface area (Å²) in [6.45, 7) is -0.0730. The second-order valence-corrected chi connectivity index (χ2v) is 6.24. The van der Waals surface area contributed by atoms with E-state index in [1.807, 2.05) is 0 Å². The van der Waals surface area contributed by atoms with Gasteiger partial charge in [-0.2, -0.15) is 0 Å². The Morgan fingerprint density at radius 3 is 2.46 bits per heavy atom. The highest BCUT2D eigenvalue weighted by atomic mass is 35.5. The van der Waals surface area contributed by atoms with Crippen molar-refractivity contribution in [2.24, 2.45) is 33.7 Å². The smallest absolute Gasteiger partial charge is 0.344 e. The zero-order chi connectivity index (χ0) is 17.9. The number of azide groups is 2. The van der Waals surface area contributed by atoms with E-state index >= 15 is 0 Å². The first-order valence-electron chi connectivity index (χ1n) is 7.27. The van der Waals surface area contributed by atoms with Crippen LogP contribution in [0.3, 0.4) is 0 Å². The SMILES string of the molecule is [N-]=[N+]=NC[C@@H]1[C@@H](CN=[N+]=[N-])[C@H](C(=O)C[NH3+])[C@]2(NC(N)=[NH+][C@H]2O)[C@H]1Cl. The lowest BCUT2D eigenvalue weighted by Gasteiger charge is -2.32. The molecule has 0 unspecified atom stereocenters. The molecule has 0 radical (unpaired) electrons. The average molecular weight is 359 g/mol. The van der Waals surface area contributed by atoms with Gasteiger partial charge in [0.05, 0.1) is 11.3 Å². The number of ketones is 1. The van der Waals surface area contributed by atoms with Crippen molar-refractivity contribution in [1.29, 1.82) is 0 Å². The summed E-state index contributed by atoms with van der Waals surface area (Å²) in [7, 11) is 0. The van der Waals surface area contributed by atoms with Gasteiger partial charge in [-0.15, -0.1) is 11.6 Å². The number of aliphatic hydroxyl groups excluding tert-OH is 1. The van der Waals surface area contributed by atoms with Crippen molar-refractivity contribution < 1.29 is 20.6 Å². The largest absolute Gasteiger partial charge is 0.358 e. The lowest BCUT2D eigenvalue weighted by atomic mass is 9.78. The Labute approximate surface area is 141 Å². The maximum atomic E-state index is 12.6. The number of hydrogen-bond donors (Lipinski definition) is 5. The van der Waals surface area contributed by atoms with Gasteiger partial charge in [-0.3, -0.25) is 15.8 Å². The van der Waals surface area contributed by atoms with E-state index in [0.29, 0.717) is 0 Å². The van der Waals surface area contributed by atoms with Gasteiger partial charge in [0.1, 0.15) is 6.54 Å². The molecule has 1 aliphatic heterocycles. The predicted octanol–water partition coefficient (Wildman–Crippen LogP) is -3.06. The average Bonchev–Trinajstić information content (AvgIpc) is 2.98. The lowest BCUT2D eigenvalue weighted by molar-refractivity contribution is -0.557. The van der Waals surface area contributed by atoms with Crippen LogP contribution in [0.5, 0.6) is 0 Å². The highest BCUT2D eigenvalue weighted by molar-refractivity contribution is 6.22. The molecule has 1 heterocycles. The Kier molecular flexibility index (Phi) is 5.37. The van der Waals surface area contributed by atoms with Crippen LogP contribution in [0.4, 0.5) is 0 Å². The number of carbonyl (C=O) groups excluding carboxylic acids is 1. The van der Waals surface area contributed by atoms with E-state index in [1.54, 1.807) is 0 Å². The van der Waals surface area contributed by atoms with Crippen molar-refractivity contribution in [3.05, 3.63) is 20.9 Å². The number of aliphatic hydroxyl groups is 1. The van der Waals surface area contributed by atoms with Crippen molar-refractivity contribution >= 4 is 23.3 Å². The minimum atomic E-state index is -1.30. The Bertz CT molecular complexity index is 643. The summed E-state index contributed by atoms with van der Waals surface area (Å²) in [5, 5.41) is 19.7. The quantitative estimate of drug-likeness (QED) is 0.144. The third-order valence-electron chi connectivity index (χ3n) is 4.73. The molecule has 2 rings (SSSR count). The normalized spacial score (nSPS) is 37.3. The number of nitrogens with two attached hydrogens (primary N) is 1. The van der Waals surface area contributed by atoms with Gasteiger partial charge in [0, 0.05) is 22.9 Å². The summed E-state index contributed by atoms with van der Waals surface area (Å²) < 4.78 is 0. The first kappa shape index (κ1) is 18.1. The molecule has 0 aromatic carbocycles. The minimum absolute atomic E-state index is 0.00669. The third kappa shape index (κ3) is 2.70. The van der Waals surface area contributed by atoms with Gasteiger partial charge >= 0.3 is 5.96 Å². The van der Waals surface area contributed by atoms with Crippen LogP contribution in [0.1, 0.15) is 0 Å². The van der Waals surface area contributed by atoms with E-state index in [-0.39, 0.29) is 31.4 Å². The summed E-state index contributed by atoms with van der Waals surface area (Å²) in [6.07, 6.45) is -1.23. The Morgan fingerprint density at radius 1 is 1.42 bits per heavy atom.